The van der Waals surface area contributed by atoms with Crippen molar-refractivity contribution < 1.29 is 32.4 Å². The van der Waals surface area contributed by atoms with Crippen LogP contribution in [-0.2, 0) is 24.0 Å². The summed E-state index contributed by atoms with van der Waals surface area (Å²) < 4.78 is 45.7. The number of ether oxygens (including phenoxy) is 1. The van der Waals surface area contributed by atoms with Gasteiger partial charge in [-0.2, -0.15) is 0 Å². The van der Waals surface area contributed by atoms with Gasteiger partial charge in [-0.1, -0.05) is 79.8 Å². The minimum atomic E-state index is -3.77. The van der Waals surface area contributed by atoms with Gasteiger partial charge in [-0.3, -0.25) is 14.9 Å². The van der Waals surface area contributed by atoms with Gasteiger partial charge in [0.1, 0.15) is 11.8 Å². The quantitative estimate of drug-likeness (QED) is 0.105. The zero-order valence-electron chi connectivity index (χ0n) is 27.1. The lowest BCUT2D eigenvalue weighted by molar-refractivity contribution is -0.132. The normalized spacial score (nSPS) is 19.1. The topological polar surface area (TPSA) is 142 Å². The smallest absolute Gasteiger partial charge is 0.382 e. The lowest BCUT2D eigenvalue weighted by Gasteiger charge is -2.36. The number of thioether (sulfide) groups is 1. The SMILES string of the molecule is CCCCC1(CC)CN(c2ccccc2)c2cc(SC)c(OCC(=O)N[C@@H](C(=O)NC(C)(O)[PH+]=O)c3ccccc3)cc2S(=O)(=O)C1. The van der Waals surface area contributed by atoms with Crippen molar-refractivity contribution in [2.45, 2.75) is 67.8 Å². The Hall–Kier alpha value is -3.44. The number of rotatable bonds is 14. The van der Waals surface area contributed by atoms with Gasteiger partial charge in [-0.05, 0) is 42.9 Å². The lowest BCUT2D eigenvalue weighted by Crippen LogP contribution is -2.48. The molecule has 13 heteroatoms. The molecule has 3 N–H and O–H groups in total. The van der Waals surface area contributed by atoms with Crippen LogP contribution in [0.25, 0.3) is 0 Å². The molecule has 3 aromatic carbocycles. The van der Waals surface area contributed by atoms with Gasteiger partial charge in [0.15, 0.2) is 16.4 Å². The number of aliphatic hydroxyl groups is 1. The Morgan fingerprint density at radius 3 is 2.36 bits per heavy atom. The van der Waals surface area contributed by atoms with Gasteiger partial charge in [-0.25, -0.2) is 8.42 Å². The van der Waals surface area contributed by atoms with Crippen LogP contribution in [0, 0.1) is 5.41 Å². The zero-order valence-corrected chi connectivity index (χ0v) is 29.7. The zero-order chi connectivity index (χ0) is 34.2. The molecule has 0 radical (unpaired) electrons. The Labute approximate surface area is 282 Å². The van der Waals surface area contributed by atoms with Crippen LogP contribution in [0.3, 0.4) is 0 Å². The van der Waals surface area contributed by atoms with Crippen molar-refractivity contribution in [2.75, 3.05) is 30.1 Å². The molecule has 47 heavy (non-hydrogen) atoms. The largest absolute Gasteiger partial charge is 0.483 e. The van der Waals surface area contributed by atoms with E-state index < -0.39 is 53.6 Å². The average Bonchev–Trinajstić information content (AvgIpc) is 3.16. The summed E-state index contributed by atoms with van der Waals surface area (Å²) in [7, 11) is -5.01. The molecule has 0 bridgehead atoms. The molecule has 2 amide bonds. The van der Waals surface area contributed by atoms with Crippen LogP contribution >= 0.6 is 20.2 Å². The number of unbranched alkanes of at least 4 members (excludes halogenated alkanes) is 1. The number of hydrogen-bond acceptors (Lipinski definition) is 9. The van der Waals surface area contributed by atoms with Crippen molar-refractivity contribution in [3.63, 3.8) is 0 Å². The average molecular weight is 701 g/mol. The van der Waals surface area contributed by atoms with Crippen LogP contribution in [0.2, 0.25) is 0 Å². The molecule has 4 rings (SSSR count). The maximum atomic E-state index is 14.2. The van der Waals surface area contributed by atoms with E-state index in [4.69, 9.17) is 4.74 Å². The highest BCUT2D eigenvalue weighted by Crippen LogP contribution is 2.47. The molecule has 0 aliphatic carbocycles. The van der Waals surface area contributed by atoms with Crippen LogP contribution in [0.5, 0.6) is 5.75 Å². The summed E-state index contributed by atoms with van der Waals surface area (Å²) in [4.78, 5) is 29.1. The minimum Gasteiger partial charge on any atom is -0.483 e. The number of fused-ring (bicyclic) bond motifs is 1. The predicted molar refractivity (Wildman–Crippen MR) is 187 cm³/mol. The summed E-state index contributed by atoms with van der Waals surface area (Å²) >= 11 is 1.37. The van der Waals surface area contributed by atoms with Crippen LogP contribution in [-0.4, -0.2) is 56.0 Å². The molecule has 3 unspecified atom stereocenters. The molecule has 0 spiro atoms. The number of para-hydroxylation sites is 1. The van der Waals surface area contributed by atoms with Gasteiger partial charge >= 0.3 is 13.9 Å². The van der Waals surface area contributed by atoms with Crippen LogP contribution in [0.1, 0.15) is 58.1 Å². The lowest BCUT2D eigenvalue weighted by atomic mass is 9.81. The first kappa shape index (κ1) is 36.4. The predicted octanol–water partition coefficient (Wildman–Crippen LogP) is 5.96. The molecule has 1 heterocycles. The number of carbonyl (C=O) groups excluding carboxylic acids is 2. The molecule has 1 aliphatic heterocycles. The maximum absolute atomic E-state index is 14.2. The number of anilines is 2. The molecular weight excluding hydrogens is 657 g/mol. The monoisotopic (exact) mass is 700 g/mol. The van der Waals surface area contributed by atoms with Gasteiger partial charge in [-0.15, -0.1) is 11.8 Å². The Morgan fingerprint density at radius 1 is 1.11 bits per heavy atom. The van der Waals surface area contributed by atoms with Crippen LogP contribution in [0.15, 0.2) is 82.6 Å². The molecule has 0 saturated carbocycles. The second kappa shape index (κ2) is 15.6. The molecule has 1 aliphatic rings. The molecular formula is C34H43N3O7PS2+. The fourth-order valence-electron chi connectivity index (χ4n) is 5.77. The second-order valence-electron chi connectivity index (χ2n) is 12.0. The summed E-state index contributed by atoms with van der Waals surface area (Å²) in [5, 5.41) is 15.1. The van der Waals surface area contributed by atoms with E-state index in [2.05, 4.69) is 29.4 Å². The molecule has 3 aromatic rings. The number of hydrogen-bond donors (Lipinski definition) is 3. The van der Waals surface area contributed by atoms with E-state index in [1.165, 1.54) is 24.8 Å². The van der Waals surface area contributed by atoms with Crippen molar-refractivity contribution in [1.29, 1.82) is 0 Å². The van der Waals surface area contributed by atoms with Gasteiger partial charge in [0.05, 0.1) is 21.2 Å². The summed E-state index contributed by atoms with van der Waals surface area (Å²) in [6.45, 7) is 5.37. The van der Waals surface area contributed by atoms with E-state index in [-0.39, 0.29) is 16.4 Å². The maximum Gasteiger partial charge on any atom is 0.382 e. The standard InChI is InChI=1S/C34H42N3O7PS2/c1-5-7-18-34(6-2)22-37(25-16-12-9-13-17-25)26-19-28(46-4)27(20-29(26)47(42,43)23-34)44-21-30(38)35-31(24-14-10-8-11-15-24)32(39)36-33(3,40)45-41/h8-17,19-20,31,40H,5-7,18,21-23H2,1-4H3,(H,35,38)(H,36,39)/p+1/t31-,33?,34?/m1/s1. The first-order valence-electron chi connectivity index (χ1n) is 15.6. The second-order valence-corrected chi connectivity index (χ2v) is 16.0. The van der Waals surface area contributed by atoms with Crippen molar-refractivity contribution in [2.24, 2.45) is 5.41 Å². The molecule has 0 aromatic heterocycles. The third-order valence-electron chi connectivity index (χ3n) is 8.36. The summed E-state index contributed by atoms with van der Waals surface area (Å²) in [6.07, 6.45) is 5.20. The molecule has 4 atom stereocenters. The third-order valence-corrected chi connectivity index (χ3v) is 11.6. The highest BCUT2D eigenvalue weighted by atomic mass is 32.2. The van der Waals surface area contributed by atoms with Crippen molar-refractivity contribution >= 4 is 53.2 Å². The Kier molecular flexibility index (Phi) is 12.1. The van der Waals surface area contributed by atoms with Crippen molar-refractivity contribution in [3.05, 3.63) is 78.4 Å². The third kappa shape index (κ3) is 8.93. The summed E-state index contributed by atoms with van der Waals surface area (Å²) in [5.41, 5.74) is -0.550. The number of sulfone groups is 1. The number of benzene rings is 3. The fourth-order valence-corrected chi connectivity index (χ4v) is 8.67. The van der Waals surface area contributed by atoms with Gasteiger partial charge in [0, 0.05) is 30.6 Å². The first-order valence-corrected chi connectivity index (χ1v) is 19.3. The highest BCUT2D eigenvalue weighted by Gasteiger charge is 2.42. The number of nitrogens with one attached hydrogen (secondary N) is 2. The Bertz CT molecular complexity index is 1670. The van der Waals surface area contributed by atoms with E-state index in [1.54, 1.807) is 30.3 Å². The van der Waals surface area contributed by atoms with Crippen molar-refractivity contribution in [3.8, 4) is 5.75 Å². The molecule has 0 fully saturated rings. The van der Waals surface area contributed by atoms with Gasteiger partial charge < -0.3 is 20.1 Å². The van der Waals surface area contributed by atoms with E-state index in [1.807, 2.05) is 42.7 Å². The Morgan fingerprint density at radius 2 is 1.77 bits per heavy atom. The summed E-state index contributed by atoms with van der Waals surface area (Å²) in [5.74, 6) is -1.19. The van der Waals surface area contributed by atoms with E-state index in [0.29, 0.717) is 29.1 Å². The van der Waals surface area contributed by atoms with Gasteiger partial charge in [0.2, 0.25) is 0 Å². The van der Waals surface area contributed by atoms with Crippen LogP contribution < -0.4 is 20.3 Å². The molecule has 0 saturated heterocycles. The van der Waals surface area contributed by atoms with E-state index in [9.17, 15) is 27.7 Å². The first-order chi connectivity index (χ1) is 22.4. The summed E-state index contributed by atoms with van der Waals surface area (Å²) in [6, 6.07) is 20.3. The Balaban J connectivity index is 1.67. The van der Waals surface area contributed by atoms with Crippen LogP contribution in [0.4, 0.5) is 11.4 Å². The van der Waals surface area contributed by atoms with Gasteiger partial charge in [0.25, 0.3) is 11.8 Å². The molecule has 252 valence electrons. The number of nitrogens with zero attached hydrogens (tertiary/aromatic N) is 1. The van der Waals surface area contributed by atoms with E-state index in [0.717, 1.165) is 24.9 Å². The minimum absolute atomic E-state index is 0.00699. The number of amides is 2. The molecule has 10 nitrogen and oxygen atoms in total. The van der Waals surface area contributed by atoms with E-state index >= 15 is 0 Å². The fraction of sp³-hybridized carbons (Fsp3) is 0.412. The van der Waals surface area contributed by atoms with Crippen molar-refractivity contribution in [1.82, 2.24) is 10.6 Å². The highest BCUT2D eigenvalue weighted by molar-refractivity contribution is 7.98. The number of carbonyl (C=O) groups is 2.